The number of benzene rings is 3. The van der Waals surface area contributed by atoms with Gasteiger partial charge in [-0.05, 0) is 79.9 Å². The average molecular weight is 541 g/mol. The van der Waals surface area contributed by atoms with Gasteiger partial charge in [0.1, 0.15) is 17.2 Å². The fourth-order valence-corrected chi connectivity index (χ4v) is 5.51. The van der Waals surface area contributed by atoms with E-state index in [9.17, 15) is 26.4 Å². The molecular weight excluding hydrogens is 517 g/mol. The van der Waals surface area contributed by atoms with E-state index in [1.807, 2.05) is 6.07 Å². The van der Waals surface area contributed by atoms with Crippen LogP contribution in [0.3, 0.4) is 0 Å². The highest BCUT2D eigenvalue weighted by atomic mass is 35.5. The number of alkyl halides is 3. The van der Waals surface area contributed by atoms with Crippen LogP contribution in [0.1, 0.15) is 22.3 Å². The smallest absolute Gasteiger partial charge is 0.418 e. The number of carbonyl (C=O) groups is 1. The molecule has 0 aliphatic rings. The number of anilines is 2. The van der Waals surface area contributed by atoms with Gasteiger partial charge < -0.3 is 10.1 Å². The lowest BCUT2D eigenvalue weighted by atomic mass is 10.1. The van der Waals surface area contributed by atoms with Crippen molar-refractivity contribution in [2.24, 2.45) is 0 Å². The lowest BCUT2D eigenvalue weighted by Crippen LogP contribution is -2.38. The number of nitrogens with one attached hydrogen (secondary N) is 1. The first-order valence-electron chi connectivity index (χ1n) is 10.6. The zero-order valence-electron chi connectivity index (χ0n) is 19.9. The van der Waals surface area contributed by atoms with Gasteiger partial charge in [-0.25, -0.2) is 8.42 Å². The maximum atomic E-state index is 13.8. The number of halogens is 4. The van der Waals surface area contributed by atoms with Gasteiger partial charge in [-0.3, -0.25) is 9.10 Å². The van der Waals surface area contributed by atoms with E-state index < -0.39 is 39.9 Å². The molecule has 3 aromatic rings. The summed E-state index contributed by atoms with van der Waals surface area (Å²) in [5.74, 6) is -0.912. The Balaban J connectivity index is 2.08. The third-order valence-corrected chi connectivity index (χ3v) is 7.26. The number of hydrogen-bond donors (Lipinski definition) is 1. The first-order chi connectivity index (χ1) is 16.7. The van der Waals surface area contributed by atoms with Gasteiger partial charge in [0.05, 0.1) is 24.0 Å². The second-order valence-corrected chi connectivity index (χ2v) is 10.5. The number of amides is 1. The summed E-state index contributed by atoms with van der Waals surface area (Å²) in [6, 6.07) is 12.4. The predicted octanol–water partition coefficient (Wildman–Crippen LogP) is 6.13. The Bertz CT molecular complexity index is 1390. The van der Waals surface area contributed by atoms with Gasteiger partial charge in [0.2, 0.25) is 5.91 Å². The molecule has 3 aromatic carbocycles. The van der Waals surface area contributed by atoms with Crippen LogP contribution in [-0.2, 0) is 21.0 Å². The van der Waals surface area contributed by atoms with Gasteiger partial charge in [-0.2, -0.15) is 13.2 Å². The molecule has 0 atom stereocenters. The van der Waals surface area contributed by atoms with Gasteiger partial charge in [0.25, 0.3) is 10.0 Å². The van der Waals surface area contributed by atoms with Crippen molar-refractivity contribution in [3.8, 4) is 5.75 Å². The lowest BCUT2D eigenvalue weighted by molar-refractivity contribution is -0.137. The minimum absolute atomic E-state index is 0.0624. The van der Waals surface area contributed by atoms with Crippen LogP contribution in [0.5, 0.6) is 5.75 Å². The number of rotatable bonds is 7. The fourth-order valence-electron chi connectivity index (χ4n) is 3.69. The van der Waals surface area contributed by atoms with Crippen molar-refractivity contribution in [3.05, 3.63) is 81.9 Å². The van der Waals surface area contributed by atoms with Crippen molar-refractivity contribution in [1.82, 2.24) is 0 Å². The summed E-state index contributed by atoms with van der Waals surface area (Å²) in [4.78, 5) is 12.8. The predicted molar refractivity (Wildman–Crippen MR) is 133 cm³/mol. The quantitative estimate of drug-likeness (QED) is 0.391. The average Bonchev–Trinajstić information content (AvgIpc) is 2.77. The maximum Gasteiger partial charge on any atom is 0.418 e. The standard InChI is InChI=1S/C25H24ClF3N2O4S/c1-15-5-8-22(35-4)23(12-15)36(33,34)31(19-10-16(2)9-17(3)11-19)14-24(32)30-21-7-6-18(26)13-20(21)25(27,28)29/h5-13H,14H2,1-4H3,(H,30,32). The van der Waals surface area contributed by atoms with Crippen LogP contribution in [0.4, 0.5) is 24.5 Å². The Morgan fingerprint density at radius 3 is 2.19 bits per heavy atom. The zero-order valence-corrected chi connectivity index (χ0v) is 21.5. The molecule has 0 saturated carbocycles. The zero-order chi connectivity index (χ0) is 26.8. The second-order valence-electron chi connectivity index (χ2n) is 8.25. The minimum atomic E-state index is -4.79. The molecule has 36 heavy (non-hydrogen) atoms. The molecule has 0 bridgehead atoms. The van der Waals surface area contributed by atoms with Crippen LogP contribution < -0.4 is 14.4 Å². The molecule has 0 saturated heterocycles. The van der Waals surface area contributed by atoms with Gasteiger partial charge in [0, 0.05) is 5.02 Å². The number of carbonyl (C=O) groups excluding carboxylic acids is 1. The molecule has 0 fully saturated rings. The van der Waals surface area contributed by atoms with Crippen molar-refractivity contribution in [1.29, 1.82) is 0 Å². The molecule has 0 aliphatic heterocycles. The lowest BCUT2D eigenvalue weighted by Gasteiger charge is -2.26. The third kappa shape index (κ3) is 6.11. The van der Waals surface area contributed by atoms with Crippen molar-refractivity contribution in [3.63, 3.8) is 0 Å². The highest BCUT2D eigenvalue weighted by Gasteiger charge is 2.35. The van der Waals surface area contributed by atoms with Crippen molar-refractivity contribution < 1.29 is 31.1 Å². The fraction of sp³-hybridized carbons (Fsp3) is 0.240. The van der Waals surface area contributed by atoms with Crippen molar-refractivity contribution in [2.75, 3.05) is 23.3 Å². The minimum Gasteiger partial charge on any atom is -0.495 e. The van der Waals surface area contributed by atoms with Gasteiger partial charge >= 0.3 is 6.18 Å². The van der Waals surface area contributed by atoms with Crippen LogP contribution in [0, 0.1) is 20.8 Å². The molecule has 192 valence electrons. The van der Waals surface area contributed by atoms with E-state index in [1.54, 1.807) is 39.0 Å². The van der Waals surface area contributed by atoms with Gasteiger partial charge in [0.15, 0.2) is 0 Å². The highest BCUT2D eigenvalue weighted by Crippen LogP contribution is 2.37. The monoisotopic (exact) mass is 540 g/mol. The van der Waals surface area contributed by atoms with E-state index in [0.29, 0.717) is 11.6 Å². The molecule has 0 aromatic heterocycles. The number of aryl methyl sites for hydroxylation is 3. The topological polar surface area (TPSA) is 75.7 Å². The third-order valence-electron chi connectivity index (χ3n) is 5.23. The number of ether oxygens (including phenoxy) is 1. The van der Waals surface area contributed by atoms with Gasteiger partial charge in [-0.1, -0.05) is 23.7 Å². The second kappa shape index (κ2) is 10.4. The summed E-state index contributed by atoms with van der Waals surface area (Å²) in [6.45, 7) is 4.43. The number of hydrogen-bond acceptors (Lipinski definition) is 4. The molecule has 0 unspecified atom stereocenters. The molecule has 0 aliphatic carbocycles. The summed E-state index contributed by atoms with van der Waals surface area (Å²) in [6.07, 6.45) is -4.79. The molecule has 6 nitrogen and oxygen atoms in total. The maximum absolute atomic E-state index is 13.8. The largest absolute Gasteiger partial charge is 0.495 e. The Morgan fingerprint density at radius 2 is 1.61 bits per heavy atom. The Labute approximate surface area is 212 Å². The SMILES string of the molecule is COc1ccc(C)cc1S(=O)(=O)N(CC(=O)Nc1ccc(Cl)cc1C(F)(F)F)c1cc(C)cc(C)c1. The molecular formula is C25H24ClF3N2O4S. The first kappa shape index (κ1) is 27.3. The van der Waals surface area contributed by atoms with Crippen LogP contribution >= 0.6 is 11.6 Å². The van der Waals surface area contributed by atoms with Crippen LogP contribution in [0.25, 0.3) is 0 Å². The summed E-state index contributed by atoms with van der Waals surface area (Å²) in [7, 11) is -3.07. The summed E-state index contributed by atoms with van der Waals surface area (Å²) >= 11 is 5.71. The summed E-state index contributed by atoms with van der Waals surface area (Å²) in [5, 5.41) is 2.02. The molecule has 1 N–H and O–H groups in total. The van der Waals surface area contributed by atoms with E-state index in [0.717, 1.165) is 21.5 Å². The Hall–Kier alpha value is -3.24. The van der Waals surface area contributed by atoms with E-state index in [4.69, 9.17) is 16.3 Å². The summed E-state index contributed by atoms with van der Waals surface area (Å²) in [5.41, 5.74) is 0.596. The normalized spacial score (nSPS) is 11.8. The molecule has 0 radical (unpaired) electrons. The van der Waals surface area contributed by atoms with Crippen LogP contribution in [-0.4, -0.2) is 28.0 Å². The number of nitrogens with zero attached hydrogens (tertiary/aromatic N) is 1. The molecule has 0 heterocycles. The van der Waals surface area contributed by atoms with Crippen LogP contribution in [0.2, 0.25) is 5.02 Å². The molecule has 11 heteroatoms. The van der Waals surface area contributed by atoms with E-state index in [1.165, 1.54) is 25.3 Å². The first-order valence-corrected chi connectivity index (χ1v) is 12.5. The Morgan fingerprint density at radius 1 is 0.972 bits per heavy atom. The van der Waals surface area contributed by atoms with E-state index in [-0.39, 0.29) is 21.4 Å². The van der Waals surface area contributed by atoms with E-state index >= 15 is 0 Å². The Kier molecular flexibility index (Phi) is 7.90. The summed E-state index contributed by atoms with van der Waals surface area (Å²) < 4.78 is 74.2. The molecule has 1 amide bonds. The number of sulfonamides is 1. The van der Waals surface area contributed by atoms with Crippen LogP contribution in [0.15, 0.2) is 59.5 Å². The van der Waals surface area contributed by atoms with Gasteiger partial charge in [-0.15, -0.1) is 0 Å². The molecule has 3 rings (SSSR count). The van der Waals surface area contributed by atoms with Crippen molar-refractivity contribution >= 4 is 38.9 Å². The number of methoxy groups -OCH3 is 1. The molecule has 0 spiro atoms. The highest BCUT2D eigenvalue weighted by molar-refractivity contribution is 7.93. The van der Waals surface area contributed by atoms with E-state index in [2.05, 4.69) is 5.32 Å². The van der Waals surface area contributed by atoms with Crippen molar-refractivity contribution in [2.45, 2.75) is 31.8 Å².